The summed E-state index contributed by atoms with van der Waals surface area (Å²) in [7, 11) is -3.57. The Bertz CT molecular complexity index is 1250. The number of sulfonamides is 1. The Morgan fingerprint density at radius 2 is 1.82 bits per heavy atom. The van der Waals surface area contributed by atoms with Gasteiger partial charge in [0, 0.05) is 32.2 Å². The Kier molecular flexibility index (Phi) is 5.81. The lowest BCUT2D eigenvalue weighted by Crippen LogP contribution is -2.51. The Morgan fingerprint density at radius 3 is 2.61 bits per heavy atom. The molecule has 1 amide bonds. The van der Waals surface area contributed by atoms with Crippen LogP contribution in [0.15, 0.2) is 53.7 Å². The minimum absolute atomic E-state index is 0.128. The molecule has 10 nitrogen and oxygen atoms in total. The molecule has 0 radical (unpaired) electrons. The van der Waals surface area contributed by atoms with Crippen molar-refractivity contribution in [3.8, 4) is 11.4 Å². The highest BCUT2D eigenvalue weighted by Crippen LogP contribution is 2.26. The van der Waals surface area contributed by atoms with Crippen LogP contribution >= 0.6 is 0 Å². The number of nitrogens with zero attached hydrogens (tertiary/aromatic N) is 6. The lowest BCUT2D eigenvalue weighted by atomic mass is 10.1. The predicted octanol–water partition coefficient (Wildman–Crippen LogP) is 1.06. The van der Waals surface area contributed by atoms with Gasteiger partial charge in [0.05, 0.1) is 10.6 Å². The van der Waals surface area contributed by atoms with E-state index in [4.69, 9.17) is 4.74 Å². The van der Waals surface area contributed by atoms with Crippen molar-refractivity contribution in [3.63, 3.8) is 0 Å². The van der Waals surface area contributed by atoms with Gasteiger partial charge in [0.2, 0.25) is 10.0 Å². The van der Waals surface area contributed by atoms with Crippen LogP contribution in [-0.4, -0.2) is 76.5 Å². The second-order valence-corrected chi connectivity index (χ2v) is 10.0. The molecule has 1 fully saturated rings. The van der Waals surface area contributed by atoms with Crippen molar-refractivity contribution in [2.24, 2.45) is 0 Å². The summed E-state index contributed by atoms with van der Waals surface area (Å²) >= 11 is 0. The number of hydrogen-bond acceptors (Lipinski definition) is 7. The van der Waals surface area contributed by atoms with Gasteiger partial charge in [-0.1, -0.05) is 12.1 Å². The van der Waals surface area contributed by atoms with Crippen LogP contribution in [0, 0.1) is 0 Å². The molecular formula is C22H24N6O4S. The molecule has 0 unspecified atom stereocenters. The van der Waals surface area contributed by atoms with E-state index in [0.717, 1.165) is 30.5 Å². The number of aryl methyl sites for hydroxylation is 2. The van der Waals surface area contributed by atoms with E-state index in [0.29, 0.717) is 23.7 Å². The van der Waals surface area contributed by atoms with E-state index in [2.05, 4.69) is 15.5 Å². The zero-order valence-electron chi connectivity index (χ0n) is 18.0. The summed E-state index contributed by atoms with van der Waals surface area (Å²) in [5.74, 6) is 0.339. The van der Waals surface area contributed by atoms with Crippen LogP contribution in [0.3, 0.4) is 0 Å². The van der Waals surface area contributed by atoms with Gasteiger partial charge in [-0.15, -0.1) is 5.10 Å². The molecule has 1 aromatic heterocycles. The minimum Gasteiger partial charge on any atom is -0.484 e. The number of rotatable bonds is 6. The van der Waals surface area contributed by atoms with Crippen molar-refractivity contribution < 1.29 is 17.9 Å². The van der Waals surface area contributed by atoms with E-state index in [1.807, 2.05) is 18.2 Å². The van der Waals surface area contributed by atoms with Crippen LogP contribution in [0.1, 0.15) is 17.5 Å². The summed E-state index contributed by atoms with van der Waals surface area (Å²) < 4.78 is 34.8. The van der Waals surface area contributed by atoms with Crippen LogP contribution in [-0.2, 0) is 27.7 Å². The van der Waals surface area contributed by atoms with Crippen LogP contribution in [0.25, 0.3) is 5.69 Å². The summed E-state index contributed by atoms with van der Waals surface area (Å²) in [4.78, 5) is 14.6. The lowest BCUT2D eigenvalue weighted by molar-refractivity contribution is -0.134. The van der Waals surface area contributed by atoms with Crippen molar-refractivity contribution in [1.82, 2.24) is 29.4 Å². The lowest BCUT2D eigenvalue weighted by Gasteiger charge is -2.34. The van der Waals surface area contributed by atoms with Gasteiger partial charge in [0.1, 0.15) is 12.1 Å². The number of ether oxygens (including phenoxy) is 1. The molecule has 0 bridgehead atoms. The van der Waals surface area contributed by atoms with Gasteiger partial charge in [-0.05, 0) is 65.1 Å². The molecule has 172 valence electrons. The highest BCUT2D eigenvalue weighted by molar-refractivity contribution is 7.89. The molecule has 2 heterocycles. The maximum absolute atomic E-state index is 13.1. The summed E-state index contributed by atoms with van der Waals surface area (Å²) in [5.41, 5.74) is 3.09. The van der Waals surface area contributed by atoms with Gasteiger partial charge in [-0.25, -0.2) is 13.1 Å². The Balaban J connectivity index is 1.16. The molecule has 0 N–H and O–H groups in total. The number of benzene rings is 2. The quantitative estimate of drug-likeness (QED) is 0.532. The first-order valence-electron chi connectivity index (χ1n) is 10.9. The molecule has 1 saturated heterocycles. The van der Waals surface area contributed by atoms with Crippen LogP contribution in [0.5, 0.6) is 5.75 Å². The topological polar surface area (TPSA) is 111 Å². The average Bonchev–Trinajstić information content (AvgIpc) is 3.54. The highest BCUT2D eigenvalue weighted by Gasteiger charge is 2.31. The smallest absolute Gasteiger partial charge is 0.260 e. The highest BCUT2D eigenvalue weighted by atomic mass is 32.2. The Labute approximate surface area is 191 Å². The third kappa shape index (κ3) is 4.46. The molecule has 0 atom stereocenters. The molecule has 11 heteroatoms. The summed E-state index contributed by atoms with van der Waals surface area (Å²) in [6.07, 6.45) is 4.49. The molecule has 3 aromatic rings. The fourth-order valence-electron chi connectivity index (χ4n) is 4.27. The maximum Gasteiger partial charge on any atom is 0.260 e. The standard InChI is InChI=1S/C22H24N6O4S/c29-22(15-32-20-6-2-5-19(14-20)28-16-23-24-25-28)26-9-11-27(12-10-26)33(30,31)21-8-7-17-3-1-4-18(17)13-21/h2,5-8,13-14,16H,1,3-4,9-12,15H2. The fourth-order valence-corrected chi connectivity index (χ4v) is 5.74. The average molecular weight is 469 g/mol. The number of hydrogen-bond donors (Lipinski definition) is 0. The van der Waals surface area contributed by atoms with E-state index in [9.17, 15) is 13.2 Å². The molecule has 33 heavy (non-hydrogen) atoms. The van der Waals surface area contributed by atoms with Crippen molar-refractivity contribution in [2.45, 2.75) is 24.2 Å². The molecule has 2 aromatic carbocycles. The van der Waals surface area contributed by atoms with E-state index in [1.54, 1.807) is 29.2 Å². The summed E-state index contributed by atoms with van der Waals surface area (Å²) in [5, 5.41) is 11.0. The third-order valence-electron chi connectivity index (χ3n) is 6.09. The second-order valence-electron chi connectivity index (χ2n) is 8.11. The second kappa shape index (κ2) is 8.91. The first-order valence-corrected chi connectivity index (χ1v) is 12.3. The van der Waals surface area contributed by atoms with Gasteiger partial charge < -0.3 is 9.64 Å². The predicted molar refractivity (Wildman–Crippen MR) is 118 cm³/mol. The fraction of sp³-hybridized carbons (Fsp3) is 0.364. The molecular weight excluding hydrogens is 444 g/mol. The summed E-state index contributed by atoms with van der Waals surface area (Å²) in [6, 6.07) is 12.6. The normalized spacial score (nSPS) is 16.5. The maximum atomic E-state index is 13.1. The Hall–Kier alpha value is -3.31. The minimum atomic E-state index is -3.57. The zero-order valence-corrected chi connectivity index (χ0v) is 18.8. The molecule has 2 aliphatic rings. The van der Waals surface area contributed by atoms with Crippen LogP contribution in [0.2, 0.25) is 0 Å². The zero-order chi connectivity index (χ0) is 22.8. The van der Waals surface area contributed by atoms with E-state index in [-0.39, 0.29) is 25.6 Å². The van der Waals surface area contributed by atoms with Crippen molar-refractivity contribution in [2.75, 3.05) is 32.8 Å². The number of fused-ring (bicyclic) bond motifs is 1. The van der Waals surface area contributed by atoms with Gasteiger partial charge in [0.15, 0.2) is 6.61 Å². The van der Waals surface area contributed by atoms with Crippen molar-refractivity contribution in [3.05, 3.63) is 59.9 Å². The van der Waals surface area contributed by atoms with Gasteiger partial charge in [-0.3, -0.25) is 4.79 Å². The number of aromatic nitrogens is 4. The molecule has 5 rings (SSSR count). The van der Waals surface area contributed by atoms with Gasteiger partial charge in [-0.2, -0.15) is 4.31 Å². The molecule has 0 spiro atoms. The number of amides is 1. The number of tetrazole rings is 1. The van der Waals surface area contributed by atoms with E-state index in [1.165, 1.54) is 20.9 Å². The number of piperazine rings is 1. The molecule has 1 aliphatic heterocycles. The number of carbonyl (C=O) groups excluding carboxylic acids is 1. The molecule has 1 aliphatic carbocycles. The van der Waals surface area contributed by atoms with Crippen LogP contribution < -0.4 is 4.74 Å². The first-order chi connectivity index (χ1) is 16.0. The number of carbonyl (C=O) groups is 1. The first kappa shape index (κ1) is 21.5. The van der Waals surface area contributed by atoms with Crippen molar-refractivity contribution in [1.29, 1.82) is 0 Å². The van der Waals surface area contributed by atoms with Gasteiger partial charge in [0.25, 0.3) is 5.91 Å². The summed E-state index contributed by atoms with van der Waals surface area (Å²) in [6.45, 7) is 1.06. The largest absolute Gasteiger partial charge is 0.484 e. The monoisotopic (exact) mass is 468 g/mol. The van der Waals surface area contributed by atoms with Crippen molar-refractivity contribution >= 4 is 15.9 Å². The van der Waals surface area contributed by atoms with Crippen LogP contribution in [0.4, 0.5) is 0 Å². The Morgan fingerprint density at radius 1 is 1.00 bits per heavy atom. The molecule has 0 saturated carbocycles. The van der Waals surface area contributed by atoms with E-state index < -0.39 is 10.0 Å². The SMILES string of the molecule is O=C(COc1cccc(-n2cnnn2)c1)N1CCN(S(=O)(=O)c2ccc3c(c2)CCC3)CC1. The van der Waals surface area contributed by atoms with E-state index >= 15 is 0 Å². The third-order valence-corrected chi connectivity index (χ3v) is 7.99. The van der Waals surface area contributed by atoms with Gasteiger partial charge >= 0.3 is 0 Å².